The molecule has 1 atom stereocenters. The van der Waals surface area contributed by atoms with Gasteiger partial charge in [-0.15, -0.1) is 0 Å². The van der Waals surface area contributed by atoms with Gasteiger partial charge in [-0.25, -0.2) is 0 Å². The molecule has 0 aliphatic heterocycles. The van der Waals surface area contributed by atoms with Crippen molar-refractivity contribution in [3.8, 4) is 0 Å². The lowest BCUT2D eigenvalue weighted by atomic mass is 9.94. The quantitative estimate of drug-likeness (QED) is 0.682. The summed E-state index contributed by atoms with van der Waals surface area (Å²) in [7, 11) is 1.59. The maximum absolute atomic E-state index is 11.4. The summed E-state index contributed by atoms with van der Waals surface area (Å²) < 4.78 is 4.91. The second-order valence-electron chi connectivity index (χ2n) is 4.73. The zero-order chi connectivity index (χ0) is 12.8. The summed E-state index contributed by atoms with van der Waals surface area (Å²) in [6, 6.07) is 0. The van der Waals surface area contributed by atoms with E-state index >= 15 is 0 Å². The fraction of sp³-hybridized carbons (Fsp3) is 0.818. The number of amides is 1. The zero-order valence-electron chi connectivity index (χ0n) is 10.4. The molecule has 0 aromatic carbocycles. The Morgan fingerprint density at radius 2 is 2.00 bits per heavy atom. The van der Waals surface area contributed by atoms with Crippen molar-refractivity contribution >= 4 is 11.9 Å². The first-order valence-corrected chi connectivity index (χ1v) is 5.28. The number of ether oxygens (including phenoxy) is 1. The van der Waals surface area contributed by atoms with Crippen LogP contribution >= 0.6 is 0 Å². The average molecular weight is 231 g/mol. The molecule has 5 nitrogen and oxygen atoms in total. The van der Waals surface area contributed by atoms with Gasteiger partial charge in [-0.05, 0) is 19.8 Å². The number of hydrogen-bond acceptors (Lipinski definition) is 3. The molecule has 0 aromatic heterocycles. The van der Waals surface area contributed by atoms with E-state index in [1.807, 2.05) is 6.92 Å². The van der Waals surface area contributed by atoms with Gasteiger partial charge in [0, 0.05) is 26.7 Å². The van der Waals surface area contributed by atoms with Gasteiger partial charge in [0.05, 0.1) is 5.41 Å². The SMILES string of the molecule is COCC(C)CC(=O)NCC(C)(C)C(=O)O. The number of methoxy groups -OCH3 is 1. The topological polar surface area (TPSA) is 75.6 Å². The fourth-order valence-corrected chi connectivity index (χ4v) is 1.13. The minimum atomic E-state index is -0.930. The highest BCUT2D eigenvalue weighted by Gasteiger charge is 2.27. The van der Waals surface area contributed by atoms with Gasteiger partial charge in [0.25, 0.3) is 0 Å². The minimum absolute atomic E-state index is 0.137. The van der Waals surface area contributed by atoms with Gasteiger partial charge in [-0.3, -0.25) is 9.59 Å². The van der Waals surface area contributed by atoms with Crippen molar-refractivity contribution in [1.29, 1.82) is 0 Å². The molecule has 0 aliphatic rings. The normalized spacial score (nSPS) is 13.2. The van der Waals surface area contributed by atoms with Gasteiger partial charge >= 0.3 is 5.97 Å². The Morgan fingerprint density at radius 3 is 2.44 bits per heavy atom. The van der Waals surface area contributed by atoms with E-state index in [-0.39, 0.29) is 18.4 Å². The smallest absolute Gasteiger partial charge is 0.310 e. The predicted molar refractivity (Wildman–Crippen MR) is 60.1 cm³/mol. The maximum Gasteiger partial charge on any atom is 0.310 e. The first kappa shape index (κ1) is 14.9. The average Bonchev–Trinajstić information content (AvgIpc) is 2.15. The summed E-state index contributed by atoms with van der Waals surface area (Å²) in [5.74, 6) is -0.922. The van der Waals surface area contributed by atoms with Gasteiger partial charge < -0.3 is 15.2 Å². The molecule has 0 bridgehead atoms. The molecule has 0 fully saturated rings. The van der Waals surface area contributed by atoms with Crippen LogP contribution in [0.25, 0.3) is 0 Å². The molecular weight excluding hydrogens is 210 g/mol. The van der Waals surface area contributed by atoms with Crippen molar-refractivity contribution in [2.75, 3.05) is 20.3 Å². The molecule has 2 N–H and O–H groups in total. The second kappa shape index (κ2) is 6.48. The third-order valence-electron chi connectivity index (χ3n) is 2.29. The number of carboxylic acid groups (broad SMARTS) is 1. The molecule has 0 aliphatic carbocycles. The van der Waals surface area contributed by atoms with Gasteiger partial charge in [-0.1, -0.05) is 6.92 Å². The molecular formula is C11H21NO4. The van der Waals surface area contributed by atoms with Crippen LogP contribution in [0, 0.1) is 11.3 Å². The van der Waals surface area contributed by atoms with E-state index in [1.54, 1.807) is 21.0 Å². The van der Waals surface area contributed by atoms with E-state index in [0.29, 0.717) is 13.0 Å². The van der Waals surface area contributed by atoms with Crippen molar-refractivity contribution in [2.24, 2.45) is 11.3 Å². The summed E-state index contributed by atoms with van der Waals surface area (Å²) in [6.45, 7) is 5.73. The molecule has 0 rings (SSSR count). The van der Waals surface area contributed by atoms with Crippen molar-refractivity contribution < 1.29 is 19.4 Å². The third kappa shape index (κ3) is 5.70. The molecule has 0 saturated heterocycles. The summed E-state index contributed by atoms with van der Waals surface area (Å²) in [5, 5.41) is 11.5. The van der Waals surface area contributed by atoms with E-state index < -0.39 is 11.4 Å². The summed E-state index contributed by atoms with van der Waals surface area (Å²) in [4.78, 5) is 22.2. The van der Waals surface area contributed by atoms with Crippen LogP contribution in [-0.2, 0) is 14.3 Å². The Labute approximate surface area is 96.2 Å². The molecule has 94 valence electrons. The van der Waals surface area contributed by atoms with Crippen molar-refractivity contribution in [3.63, 3.8) is 0 Å². The lowest BCUT2D eigenvalue weighted by molar-refractivity contribution is -0.146. The van der Waals surface area contributed by atoms with Gasteiger partial charge in [0.1, 0.15) is 0 Å². The number of aliphatic carboxylic acids is 1. The number of carbonyl (C=O) groups is 2. The standard InChI is InChI=1S/C11H21NO4/c1-8(6-16-4)5-9(13)12-7-11(2,3)10(14)15/h8H,5-7H2,1-4H3,(H,12,13)(H,14,15). The van der Waals surface area contributed by atoms with Crippen LogP contribution in [0.4, 0.5) is 0 Å². The Kier molecular flexibility index (Phi) is 6.03. The number of carbonyl (C=O) groups excluding carboxylic acids is 1. The van der Waals surface area contributed by atoms with E-state index in [9.17, 15) is 9.59 Å². The lowest BCUT2D eigenvalue weighted by Crippen LogP contribution is -2.39. The Bertz CT molecular complexity index is 250. The fourth-order valence-electron chi connectivity index (χ4n) is 1.13. The van der Waals surface area contributed by atoms with Gasteiger partial charge in [0.2, 0.25) is 5.91 Å². The second-order valence-corrected chi connectivity index (χ2v) is 4.73. The van der Waals surface area contributed by atoms with Crippen molar-refractivity contribution in [3.05, 3.63) is 0 Å². The van der Waals surface area contributed by atoms with Crippen LogP contribution < -0.4 is 5.32 Å². The monoisotopic (exact) mass is 231 g/mol. The number of nitrogens with one attached hydrogen (secondary N) is 1. The predicted octanol–water partition coefficient (Wildman–Crippen LogP) is 0.886. The largest absolute Gasteiger partial charge is 0.481 e. The number of carboxylic acids is 1. The minimum Gasteiger partial charge on any atom is -0.481 e. The van der Waals surface area contributed by atoms with Crippen LogP contribution in [0.5, 0.6) is 0 Å². The molecule has 1 amide bonds. The van der Waals surface area contributed by atoms with Crippen molar-refractivity contribution in [2.45, 2.75) is 27.2 Å². The third-order valence-corrected chi connectivity index (χ3v) is 2.29. The molecule has 16 heavy (non-hydrogen) atoms. The zero-order valence-corrected chi connectivity index (χ0v) is 10.4. The van der Waals surface area contributed by atoms with E-state index in [2.05, 4.69) is 5.32 Å². The Hall–Kier alpha value is -1.10. The number of hydrogen-bond donors (Lipinski definition) is 2. The Morgan fingerprint density at radius 1 is 1.44 bits per heavy atom. The van der Waals surface area contributed by atoms with Gasteiger partial charge in [-0.2, -0.15) is 0 Å². The Balaban J connectivity index is 3.94. The van der Waals surface area contributed by atoms with E-state index in [4.69, 9.17) is 9.84 Å². The molecule has 0 saturated carbocycles. The number of rotatable bonds is 7. The molecule has 0 heterocycles. The van der Waals surface area contributed by atoms with Crippen LogP contribution in [0.1, 0.15) is 27.2 Å². The summed E-state index contributed by atoms with van der Waals surface area (Å²) in [6.07, 6.45) is 0.351. The van der Waals surface area contributed by atoms with Crippen LogP contribution in [-0.4, -0.2) is 37.2 Å². The molecule has 0 aromatic rings. The van der Waals surface area contributed by atoms with Gasteiger partial charge in [0.15, 0.2) is 0 Å². The lowest BCUT2D eigenvalue weighted by Gasteiger charge is -2.20. The summed E-state index contributed by atoms with van der Waals surface area (Å²) >= 11 is 0. The van der Waals surface area contributed by atoms with E-state index in [0.717, 1.165) is 0 Å². The first-order valence-electron chi connectivity index (χ1n) is 5.28. The van der Waals surface area contributed by atoms with Crippen molar-refractivity contribution in [1.82, 2.24) is 5.32 Å². The van der Waals surface area contributed by atoms with Crippen LogP contribution in [0.15, 0.2) is 0 Å². The van der Waals surface area contributed by atoms with Crippen LogP contribution in [0.3, 0.4) is 0 Å². The highest BCUT2D eigenvalue weighted by Crippen LogP contribution is 2.13. The highest BCUT2D eigenvalue weighted by molar-refractivity contribution is 5.78. The maximum atomic E-state index is 11.4. The first-order chi connectivity index (χ1) is 7.29. The molecule has 1 unspecified atom stereocenters. The molecule has 5 heteroatoms. The van der Waals surface area contributed by atoms with Crippen LogP contribution in [0.2, 0.25) is 0 Å². The van der Waals surface area contributed by atoms with E-state index in [1.165, 1.54) is 0 Å². The summed E-state index contributed by atoms with van der Waals surface area (Å²) in [5.41, 5.74) is -0.930. The molecule has 0 spiro atoms. The molecule has 0 radical (unpaired) electrons. The highest BCUT2D eigenvalue weighted by atomic mass is 16.5.